The highest BCUT2D eigenvalue weighted by atomic mass is 32.2. The van der Waals surface area contributed by atoms with Crippen LogP contribution in [0.2, 0.25) is 0 Å². The molecule has 4 nitrogen and oxygen atoms in total. The first-order valence-electron chi connectivity index (χ1n) is 9.05. The highest BCUT2D eigenvalue weighted by molar-refractivity contribution is 8.19. The number of benzene rings is 2. The van der Waals surface area contributed by atoms with E-state index in [-0.39, 0.29) is 11.1 Å². The summed E-state index contributed by atoms with van der Waals surface area (Å²) < 4.78 is 5.17. The van der Waals surface area contributed by atoms with Crippen LogP contribution >= 0.6 is 11.8 Å². The van der Waals surface area contributed by atoms with Gasteiger partial charge in [-0.1, -0.05) is 37.6 Å². The minimum atomic E-state index is -0.264. The summed E-state index contributed by atoms with van der Waals surface area (Å²) in [6, 6.07) is 15.2. The van der Waals surface area contributed by atoms with Gasteiger partial charge in [0.25, 0.3) is 11.1 Å². The third kappa shape index (κ3) is 4.08. The molecule has 5 heteroatoms. The standard InChI is InChI=1S/C22H23NO3S/c1-4-5-6-16-7-11-18(12-8-16)23-21(24)20(27-22(23)25)15(2)17-9-13-19(26-3)14-10-17/h7-14H,4-6H2,1-3H3/b20-15-. The lowest BCUT2D eigenvalue weighted by molar-refractivity contribution is -0.113. The van der Waals surface area contributed by atoms with Crippen LogP contribution in [0.3, 0.4) is 0 Å². The number of unbranched alkanes of at least 4 members (excludes halogenated alkanes) is 1. The van der Waals surface area contributed by atoms with E-state index in [0.717, 1.165) is 47.9 Å². The largest absolute Gasteiger partial charge is 0.497 e. The number of ether oxygens (including phenoxy) is 1. The SMILES string of the molecule is CCCCc1ccc(N2C(=O)S/C(=C(/C)c3ccc(OC)cc3)C2=O)cc1. The smallest absolute Gasteiger partial charge is 0.298 e. The number of hydrogen-bond acceptors (Lipinski definition) is 4. The molecule has 0 N–H and O–H groups in total. The zero-order chi connectivity index (χ0) is 19.4. The molecule has 0 bridgehead atoms. The molecule has 1 aliphatic rings. The molecule has 1 aliphatic heterocycles. The number of hydrogen-bond donors (Lipinski definition) is 0. The van der Waals surface area contributed by atoms with Crippen molar-refractivity contribution in [3.8, 4) is 5.75 Å². The molecule has 27 heavy (non-hydrogen) atoms. The third-order valence-electron chi connectivity index (χ3n) is 4.65. The molecule has 0 unspecified atom stereocenters. The van der Waals surface area contributed by atoms with Crippen LogP contribution in [-0.2, 0) is 11.2 Å². The van der Waals surface area contributed by atoms with E-state index in [4.69, 9.17) is 4.74 Å². The van der Waals surface area contributed by atoms with Gasteiger partial charge in [-0.3, -0.25) is 9.59 Å². The third-order valence-corrected chi connectivity index (χ3v) is 5.69. The summed E-state index contributed by atoms with van der Waals surface area (Å²) in [5.74, 6) is 0.488. The normalized spacial score (nSPS) is 16.0. The lowest BCUT2D eigenvalue weighted by atomic mass is 10.1. The van der Waals surface area contributed by atoms with E-state index in [1.165, 1.54) is 10.5 Å². The Kier molecular flexibility index (Phi) is 6.01. The predicted molar refractivity (Wildman–Crippen MR) is 111 cm³/mol. The lowest BCUT2D eigenvalue weighted by Gasteiger charge is -2.13. The van der Waals surface area contributed by atoms with Crippen LogP contribution in [0.4, 0.5) is 10.5 Å². The summed E-state index contributed by atoms with van der Waals surface area (Å²) in [4.78, 5) is 27.1. The van der Waals surface area contributed by atoms with E-state index in [0.29, 0.717) is 10.6 Å². The van der Waals surface area contributed by atoms with Crippen LogP contribution in [0.15, 0.2) is 53.4 Å². The summed E-state index contributed by atoms with van der Waals surface area (Å²) >= 11 is 0.993. The summed E-state index contributed by atoms with van der Waals surface area (Å²) in [5.41, 5.74) is 3.53. The number of carbonyl (C=O) groups is 2. The molecular weight excluding hydrogens is 358 g/mol. The van der Waals surface area contributed by atoms with Crippen LogP contribution in [-0.4, -0.2) is 18.3 Å². The van der Waals surface area contributed by atoms with Gasteiger partial charge in [-0.25, -0.2) is 4.90 Å². The first kappa shape index (κ1) is 19.2. The monoisotopic (exact) mass is 381 g/mol. The first-order valence-corrected chi connectivity index (χ1v) is 9.87. The van der Waals surface area contributed by atoms with Gasteiger partial charge in [-0.05, 0) is 72.5 Å². The molecule has 0 saturated carbocycles. The molecule has 2 aromatic carbocycles. The number of allylic oxidation sites excluding steroid dienone is 1. The van der Waals surface area contributed by atoms with E-state index in [1.807, 2.05) is 55.5 Å². The minimum absolute atomic E-state index is 0.260. The zero-order valence-corrected chi connectivity index (χ0v) is 16.6. The van der Waals surface area contributed by atoms with Gasteiger partial charge in [-0.2, -0.15) is 0 Å². The summed E-state index contributed by atoms with van der Waals surface area (Å²) in [7, 11) is 1.61. The van der Waals surface area contributed by atoms with Crippen LogP contribution in [0, 0.1) is 0 Å². The van der Waals surface area contributed by atoms with Crippen molar-refractivity contribution in [3.63, 3.8) is 0 Å². The molecule has 3 rings (SSSR count). The fourth-order valence-electron chi connectivity index (χ4n) is 2.99. The summed E-state index contributed by atoms with van der Waals surface area (Å²) in [5, 5.41) is -0.260. The Hall–Kier alpha value is -2.53. The number of methoxy groups -OCH3 is 1. The minimum Gasteiger partial charge on any atom is -0.497 e. The van der Waals surface area contributed by atoms with Crippen molar-refractivity contribution in [1.82, 2.24) is 0 Å². The zero-order valence-electron chi connectivity index (χ0n) is 15.8. The Morgan fingerprint density at radius 1 is 1.04 bits per heavy atom. The number of aryl methyl sites for hydroxylation is 1. The molecule has 1 heterocycles. The lowest BCUT2D eigenvalue weighted by Crippen LogP contribution is -2.27. The summed E-state index contributed by atoms with van der Waals surface area (Å²) in [6.07, 6.45) is 3.28. The second kappa shape index (κ2) is 8.44. The van der Waals surface area contributed by atoms with Gasteiger partial charge in [-0.15, -0.1) is 0 Å². The molecule has 0 radical (unpaired) electrons. The van der Waals surface area contributed by atoms with Gasteiger partial charge in [0.1, 0.15) is 5.75 Å². The second-order valence-corrected chi connectivity index (χ2v) is 7.42. The molecule has 0 spiro atoms. The van der Waals surface area contributed by atoms with Gasteiger partial charge in [0.2, 0.25) is 0 Å². The van der Waals surface area contributed by atoms with E-state index in [2.05, 4.69) is 6.92 Å². The van der Waals surface area contributed by atoms with Crippen molar-refractivity contribution in [1.29, 1.82) is 0 Å². The number of anilines is 1. The Bertz CT molecular complexity index is 869. The van der Waals surface area contributed by atoms with Crippen LogP contribution in [0.5, 0.6) is 5.75 Å². The van der Waals surface area contributed by atoms with E-state index in [9.17, 15) is 9.59 Å². The van der Waals surface area contributed by atoms with E-state index in [1.54, 1.807) is 7.11 Å². The molecule has 2 amide bonds. The molecule has 1 fully saturated rings. The van der Waals surface area contributed by atoms with Crippen LogP contribution < -0.4 is 9.64 Å². The predicted octanol–water partition coefficient (Wildman–Crippen LogP) is 5.67. The molecule has 0 aromatic heterocycles. The van der Waals surface area contributed by atoms with Crippen LogP contribution in [0.1, 0.15) is 37.8 Å². The van der Waals surface area contributed by atoms with Crippen molar-refractivity contribution in [2.75, 3.05) is 12.0 Å². The van der Waals surface area contributed by atoms with Crippen LogP contribution in [0.25, 0.3) is 5.57 Å². The van der Waals surface area contributed by atoms with Crippen molar-refractivity contribution >= 4 is 34.2 Å². The maximum Gasteiger partial charge on any atom is 0.298 e. The van der Waals surface area contributed by atoms with Gasteiger partial charge < -0.3 is 4.74 Å². The number of amides is 2. The second-order valence-electron chi connectivity index (χ2n) is 6.46. The molecule has 140 valence electrons. The number of carbonyl (C=O) groups excluding carboxylic acids is 2. The number of rotatable bonds is 6. The maximum atomic E-state index is 12.9. The molecule has 1 saturated heterocycles. The molecule has 2 aromatic rings. The van der Waals surface area contributed by atoms with Crippen molar-refractivity contribution in [2.24, 2.45) is 0 Å². The first-order chi connectivity index (χ1) is 13.0. The van der Waals surface area contributed by atoms with Gasteiger partial charge in [0.05, 0.1) is 17.7 Å². The average Bonchev–Trinajstić information content (AvgIpc) is 3.00. The Labute approximate surface area is 164 Å². The van der Waals surface area contributed by atoms with Crippen molar-refractivity contribution in [3.05, 3.63) is 64.6 Å². The molecular formula is C22H23NO3S. The van der Waals surface area contributed by atoms with Gasteiger partial charge in [0, 0.05) is 0 Å². The highest BCUT2D eigenvalue weighted by Gasteiger charge is 2.37. The number of imide groups is 1. The summed E-state index contributed by atoms with van der Waals surface area (Å²) in [6.45, 7) is 4.03. The molecule has 0 aliphatic carbocycles. The Morgan fingerprint density at radius 3 is 2.30 bits per heavy atom. The molecule has 0 atom stereocenters. The number of nitrogens with zero attached hydrogens (tertiary/aromatic N) is 1. The van der Waals surface area contributed by atoms with Gasteiger partial charge in [0.15, 0.2) is 0 Å². The van der Waals surface area contributed by atoms with E-state index < -0.39 is 0 Å². The fraction of sp³-hybridized carbons (Fsp3) is 0.273. The maximum absolute atomic E-state index is 12.9. The van der Waals surface area contributed by atoms with Crippen molar-refractivity contribution in [2.45, 2.75) is 33.1 Å². The quantitative estimate of drug-likeness (QED) is 0.605. The fourth-order valence-corrected chi connectivity index (χ4v) is 3.89. The Morgan fingerprint density at radius 2 is 1.70 bits per heavy atom. The van der Waals surface area contributed by atoms with Gasteiger partial charge >= 0.3 is 0 Å². The topological polar surface area (TPSA) is 46.6 Å². The van der Waals surface area contributed by atoms with E-state index >= 15 is 0 Å². The Balaban J connectivity index is 1.85. The number of thioether (sulfide) groups is 1. The van der Waals surface area contributed by atoms with Crippen molar-refractivity contribution < 1.29 is 14.3 Å². The highest BCUT2D eigenvalue weighted by Crippen LogP contribution is 2.39. The average molecular weight is 381 g/mol.